The molecule has 3 aromatic carbocycles. The van der Waals surface area contributed by atoms with Crippen LogP contribution >= 0.6 is 0 Å². The summed E-state index contributed by atoms with van der Waals surface area (Å²) in [5.74, 6) is 2.06. The largest absolute Gasteiger partial charge is 0.497 e. The van der Waals surface area contributed by atoms with Gasteiger partial charge in [0.2, 0.25) is 17.6 Å². The summed E-state index contributed by atoms with van der Waals surface area (Å²) >= 11 is 0. The number of hydrogen-bond donors (Lipinski definition) is 0. The Hall–Kier alpha value is -4.39. The van der Waals surface area contributed by atoms with Gasteiger partial charge in [-0.05, 0) is 29.3 Å². The summed E-state index contributed by atoms with van der Waals surface area (Å²) in [4.78, 5) is 19.3. The van der Waals surface area contributed by atoms with E-state index in [4.69, 9.17) is 14.0 Å². The van der Waals surface area contributed by atoms with E-state index in [0.29, 0.717) is 42.7 Å². The molecule has 0 saturated carbocycles. The van der Waals surface area contributed by atoms with Crippen LogP contribution in [0.4, 0.5) is 0 Å². The van der Waals surface area contributed by atoms with Crippen molar-refractivity contribution in [2.45, 2.75) is 13.0 Å². The highest BCUT2D eigenvalue weighted by atomic mass is 16.5. The van der Waals surface area contributed by atoms with Crippen LogP contribution in [0.1, 0.15) is 17.0 Å². The van der Waals surface area contributed by atoms with Crippen molar-refractivity contribution in [1.82, 2.24) is 15.0 Å². The summed E-state index contributed by atoms with van der Waals surface area (Å²) in [6.07, 6.45) is 3.84. The molecule has 4 aromatic rings. The topological polar surface area (TPSA) is 77.7 Å². The zero-order valence-electron chi connectivity index (χ0n) is 19.8. The lowest BCUT2D eigenvalue weighted by atomic mass is 10.2. The van der Waals surface area contributed by atoms with Gasteiger partial charge in [0.15, 0.2) is 0 Å². The lowest BCUT2D eigenvalue weighted by molar-refractivity contribution is -0.126. The summed E-state index contributed by atoms with van der Waals surface area (Å²) in [6.45, 7) is 0.906. The Bertz CT molecular complexity index is 1250. The lowest BCUT2D eigenvalue weighted by Crippen LogP contribution is -2.31. The van der Waals surface area contributed by atoms with E-state index >= 15 is 0 Å². The predicted molar refractivity (Wildman–Crippen MR) is 134 cm³/mol. The number of ether oxygens (including phenoxy) is 2. The Labute approximate surface area is 204 Å². The highest BCUT2D eigenvalue weighted by Gasteiger charge is 2.16. The Morgan fingerprint density at radius 1 is 0.943 bits per heavy atom. The molecule has 7 heteroatoms. The van der Waals surface area contributed by atoms with E-state index in [0.717, 1.165) is 16.7 Å². The molecule has 0 saturated heterocycles. The molecule has 0 aliphatic rings. The number of hydrogen-bond acceptors (Lipinski definition) is 6. The first-order valence-corrected chi connectivity index (χ1v) is 11.3. The minimum atomic E-state index is -0.0880. The van der Waals surface area contributed by atoms with E-state index < -0.39 is 0 Å². The Morgan fingerprint density at radius 2 is 1.60 bits per heavy atom. The summed E-state index contributed by atoms with van der Waals surface area (Å²) in [5, 5.41) is 4.11. The molecule has 0 atom stereocenters. The fourth-order valence-electron chi connectivity index (χ4n) is 3.55. The van der Waals surface area contributed by atoms with E-state index in [1.807, 2.05) is 78.9 Å². The molecule has 1 heterocycles. The minimum Gasteiger partial charge on any atom is -0.497 e. The molecule has 1 amide bonds. The van der Waals surface area contributed by atoms with Crippen LogP contribution in [-0.4, -0.2) is 41.7 Å². The molecule has 35 heavy (non-hydrogen) atoms. The summed E-state index contributed by atoms with van der Waals surface area (Å²) < 4.78 is 16.1. The quantitative estimate of drug-likeness (QED) is 0.303. The first kappa shape index (κ1) is 23.8. The molecule has 0 unspecified atom stereocenters. The zero-order valence-corrected chi connectivity index (χ0v) is 19.8. The molecule has 0 fully saturated rings. The van der Waals surface area contributed by atoms with E-state index in [1.54, 1.807) is 31.3 Å². The first-order chi connectivity index (χ1) is 17.1. The van der Waals surface area contributed by atoms with Crippen molar-refractivity contribution in [3.8, 4) is 22.9 Å². The van der Waals surface area contributed by atoms with Crippen LogP contribution in [0.3, 0.4) is 0 Å². The van der Waals surface area contributed by atoms with Crippen molar-refractivity contribution in [3.05, 3.63) is 102 Å². The average molecular weight is 470 g/mol. The van der Waals surface area contributed by atoms with E-state index in [2.05, 4.69) is 10.1 Å². The monoisotopic (exact) mass is 469 g/mol. The van der Waals surface area contributed by atoms with Gasteiger partial charge in [-0.2, -0.15) is 4.98 Å². The summed E-state index contributed by atoms with van der Waals surface area (Å²) in [7, 11) is 3.18. The number of aromatic nitrogens is 2. The normalized spacial score (nSPS) is 10.9. The third-order valence-electron chi connectivity index (χ3n) is 5.42. The SMILES string of the molecule is COc1cc(OC)cc(-c2noc(CCN(Cc3ccccc3)C(=O)/C=C/c3ccccc3)n2)c1. The van der Waals surface area contributed by atoms with Crippen LogP contribution < -0.4 is 9.47 Å². The van der Waals surface area contributed by atoms with E-state index in [9.17, 15) is 4.79 Å². The van der Waals surface area contributed by atoms with Gasteiger partial charge in [0.05, 0.1) is 14.2 Å². The van der Waals surface area contributed by atoms with Gasteiger partial charge in [-0.1, -0.05) is 65.8 Å². The van der Waals surface area contributed by atoms with Crippen LogP contribution in [0.2, 0.25) is 0 Å². The van der Waals surface area contributed by atoms with E-state index in [1.165, 1.54) is 0 Å². The van der Waals surface area contributed by atoms with E-state index in [-0.39, 0.29) is 5.91 Å². The molecule has 0 aliphatic heterocycles. The molecule has 0 bridgehead atoms. The third kappa shape index (κ3) is 6.57. The fourth-order valence-corrected chi connectivity index (χ4v) is 3.55. The van der Waals surface area contributed by atoms with Gasteiger partial charge in [-0.25, -0.2) is 0 Å². The molecular formula is C28H27N3O4. The van der Waals surface area contributed by atoms with Crippen LogP contribution in [0, 0.1) is 0 Å². The standard InChI is InChI=1S/C28H27N3O4/c1-33-24-17-23(18-25(19-24)34-2)28-29-26(35-30-28)15-16-31(20-22-11-7-4-8-12-22)27(32)14-13-21-9-5-3-6-10-21/h3-14,17-19H,15-16,20H2,1-2H3/b14-13+. The fraction of sp³-hybridized carbons (Fsp3) is 0.179. The number of methoxy groups -OCH3 is 2. The second-order valence-corrected chi connectivity index (χ2v) is 7.85. The second kappa shape index (κ2) is 11.7. The minimum absolute atomic E-state index is 0.0880. The maximum absolute atomic E-state index is 13.1. The molecule has 7 nitrogen and oxygen atoms in total. The summed E-state index contributed by atoms with van der Waals surface area (Å²) in [5.41, 5.74) is 2.73. The molecule has 1 aromatic heterocycles. The highest BCUT2D eigenvalue weighted by molar-refractivity contribution is 5.91. The summed E-state index contributed by atoms with van der Waals surface area (Å²) in [6, 6.07) is 25.0. The first-order valence-electron chi connectivity index (χ1n) is 11.3. The number of carbonyl (C=O) groups is 1. The molecule has 0 spiro atoms. The van der Waals surface area contributed by atoms with Crippen molar-refractivity contribution in [2.24, 2.45) is 0 Å². The maximum atomic E-state index is 13.1. The molecule has 0 radical (unpaired) electrons. The van der Waals surface area contributed by atoms with Gasteiger partial charge < -0.3 is 18.9 Å². The second-order valence-electron chi connectivity index (χ2n) is 7.85. The number of benzene rings is 3. The van der Waals surface area contributed by atoms with Gasteiger partial charge in [-0.15, -0.1) is 0 Å². The van der Waals surface area contributed by atoms with Crippen molar-refractivity contribution >= 4 is 12.0 Å². The molecule has 178 valence electrons. The van der Waals surface area contributed by atoms with Gasteiger partial charge in [0.1, 0.15) is 11.5 Å². The Morgan fingerprint density at radius 3 is 2.26 bits per heavy atom. The maximum Gasteiger partial charge on any atom is 0.246 e. The number of rotatable bonds is 10. The molecular weight excluding hydrogens is 442 g/mol. The van der Waals surface area contributed by atoms with Crippen molar-refractivity contribution in [1.29, 1.82) is 0 Å². The van der Waals surface area contributed by atoms with Gasteiger partial charge in [0, 0.05) is 37.2 Å². The van der Waals surface area contributed by atoms with Gasteiger partial charge >= 0.3 is 0 Å². The van der Waals surface area contributed by atoms with Crippen molar-refractivity contribution < 1.29 is 18.8 Å². The van der Waals surface area contributed by atoms with Crippen LogP contribution in [0.25, 0.3) is 17.5 Å². The Balaban J connectivity index is 1.48. The smallest absolute Gasteiger partial charge is 0.246 e. The number of nitrogens with zero attached hydrogens (tertiary/aromatic N) is 3. The Kier molecular flexibility index (Phi) is 7.91. The number of carbonyl (C=O) groups excluding carboxylic acids is 1. The highest BCUT2D eigenvalue weighted by Crippen LogP contribution is 2.28. The van der Waals surface area contributed by atoms with Gasteiger partial charge in [-0.3, -0.25) is 4.79 Å². The van der Waals surface area contributed by atoms with Gasteiger partial charge in [0.25, 0.3) is 0 Å². The lowest BCUT2D eigenvalue weighted by Gasteiger charge is -2.20. The van der Waals surface area contributed by atoms with Crippen LogP contribution in [0.15, 0.2) is 89.5 Å². The van der Waals surface area contributed by atoms with Crippen molar-refractivity contribution in [2.75, 3.05) is 20.8 Å². The van der Waals surface area contributed by atoms with Crippen LogP contribution in [0.5, 0.6) is 11.5 Å². The zero-order chi connectivity index (χ0) is 24.5. The molecule has 0 aliphatic carbocycles. The van der Waals surface area contributed by atoms with Crippen molar-refractivity contribution in [3.63, 3.8) is 0 Å². The number of amides is 1. The van der Waals surface area contributed by atoms with Crippen LogP contribution in [-0.2, 0) is 17.8 Å². The molecule has 4 rings (SSSR count). The predicted octanol–water partition coefficient (Wildman–Crippen LogP) is 5.04. The molecule has 0 N–H and O–H groups in total. The average Bonchev–Trinajstić information content (AvgIpc) is 3.39. The third-order valence-corrected chi connectivity index (χ3v) is 5.42.